The summed E-state index contributed by atoms with van der Waals surface area (Å²) in [5.41, 5.74) is 2.43. The van der Waals surface area contributed by atoms with Crippen LogP contribution in [0.1, 0.15) is 43.4 Å². The summed E-state index contributed by atoms with van der Waals surface area (Å²) in [5, 5.41) is 12.9. The van der Waals surface area contributed by atoms with Gasteiger partial charge in [0.15, 0.2) is 5.13 Å². The second-order valence-electron chi connectivity index (χ2n) is 8.39. The Hall–Kier alpha value is -2.91. The average Bonchev–Trinajstić information content (AvgIpc) is 3.16. The Bertz CT molecular complexity index is 1260. The summed E-state index contributed by atoms with van der Waals surface area (Å²) in [6.45, 7) is 3.59. The van der Waals surface area contributed by atoms with Crippen LogP contribution in [-0.4, -0.2) is 24.4 Å². The van der Waals surface area contributed by atoms with Crippen LogP contribution >= 0.6 is 11.3 Å². The molecule has 7 nitrogen and oxygen atoms in total. The van der Waals surface area contributed by atoms with E-state index in [-0.39, 0.29) is 22.5 Å². The number of thiazole rings is 1. The molecular weight excluding hydrogens is 458 g/mol. The van der Waals surface area contributed by atoms with Gasteiger partial charge in [0.2, 0.25) is 5.91 Å². The zero-order valence-corrected chi connectivity index (χ0v) is 20.2. The lowest BCUT2D eigenvalue weighted by atomic mass is 9.89. The van der Waals surface area contributed by atoms with E-state index >= 15 is 0 Å². The summed E-state index contributed by atoms with van der Waals surface area (Å²) in [6, 6.07) is 11.1. The van der Waals surface area contributed by atoms with Crippen molar-refractivity contribution in [3.8, 4) is 16.2 Å². The van der Waals surface area contributed by atoms with Gasteiger partial charge in [0.05, 0.1) is 15.5 Å². The lowest BCUT2D eigenvalue weighted by Crippen LogP contribution is -2.24. The Morgan fingerprint density at radius 3 is 2.45 bits per heavy atom. The van der Waals surface area contributed by atoms with Crippen LogP contribution in [0, 0.1) is 19.8 Å². The largest absolute Gasteiger partial charge is 0.508 e. The first-order valence-electron chi connectivity index (χ1n) is 10.9. The molecule has 0 saturated heterocycles. The van der Waals surface area contributed by atoms with E-state index in [0.717, 1.165) is 41.8 Å². The lowest BCUT2D eigenvalue weighted by Gasteiger charge is -2.19. The van der Waals surface area contributed by atoms with Gasteiger partial charge in [0.1, 0.15) is 5.75 Å². The van der Waals surface area contributed by atoms with Crippen LogP contribution in [-0.2, 0) is 14.8 Å². The lowest BCUT2D eigenvalue weighted by molar-refractivity contribution is -0.120. The van der Waals surface area contributed by atoms with E-state index in [1.54, 1.807) is 19.1 Å². The standard InChI is InChI=1S/C24H27N3O4S2/c1-15-8-9-18(14-21(15)33(30,31)27-19-10-12-20(28)13-11-19)22-16(2)25-24(32-22)26-23(29)17-6-4-3-5-7-17/h8-14,17,27-28H,3-7H2,1-2H3,(H,25,26,29). The molecule has 3 aromatic rings. The second-order valence-corrected chi connectivity index (χ2v) is 11.0. The molecule has 0 spiro atoms. The minimum absolute atomic E-state index is 0.0141. The number of hydrogen-bond acceptors (Lipinski definition) is 6. The number of aromatic hydroxyl groups is 1. The van der Waals surface area contributed by atoms with E-state index < -0.39 is 10.0 Å². The van der Waals surface area contributed by atoms with Crippen molar-refractivity contribution >= 4 is 38.1 Å². The molecule has 1 aliphatic rings. The first-order valence-corrected chi connectivity index (χ1v) is 13.2. The number of nitrogens with one attached hydrogen (secondary N) is 2. The number of carbonyl (C=O) groups is 1. The van der Waals surface area contributed by atoms with E-state index in [0.29, 0.717) is 16.4 Å². The number of sulfonamides is 1. The summed E-state index contributed by atoms with van der Waals surface area (Å²) < 4.78 is 28.7. The summed E-state index contributed by atoms with van der Waals surface area (Å²) in [5.74, 6) is 0.108. The number of hydrogen-bond donors (Lipinski definition) is 3. The van der Waals surface area contributed by atoms with Crippen molar-refractivity contribution in [1.82, 2.24) is 4.98 Å². The predicted molar refractivity (Wildman–Crippen MR) is 131 cm³/mol. The van der Waals surface area contributed by atoms with E-state index in [1.807, 2.05) is 13.0 Å². The van der Waals surface area contributed by atoms with Gasteiger partial charge in [-0.3, -0.25) is 9.52 Å². The summed E-state index contributed by atoms with van der Waals surface area (Å²) >= 11 is 1.35. The molecule has 1 heterocycles. The zero-order chi connectivity index (χ0) is 23.6. The third-order valence-corrected chi connectivity index (χ3v) is 8.51. The van der Waals surface area contributed by atoms with E-state index in [1.165, 1.54) is 42.0 Å². The first-order chi connectivity index (χ1) is 15.7. The minimum Gasteiger partial charge on any atom is -0.508 e. The molecule has 33 heavy (non-hydrogen) atoms. The molecular formula is C24H27N3O4S2. The molecule has 2 aromatic carbocycles. The van der Waals surface area contributed by atoms with Crippen molar-refractivity contribution in [3.05, 3.63) is 53.7 Å². The highest BCUT2D eigenvalue weighted by Gasteiger charge is 2.23. The van der Waals surface area contributed by atoms with Crippen LogP contribution in [0.5, 0.6) is 5.75 Å². The number of benzene rings is 2. The number of amides is 1. The fourth-order valence-electron chi connectivity index (χ4n) is 4.06. The number of anilines is 2. The highest BCUT2D eigenvalue weighted by molar-refractivity contribution is 7.92. The molecule has 1 aliphatic carbocycles. The van der Waals surface area contributed by atoms with Gasteiger partial charge >= 0.3 is 0 Å². The van der Waals surface area contributed by atoms with Crippen molar-refractivity contribution < 1.29 is 18.3 Å². The molecule has 1 aromatic heterocycles. The summed E-state index contributed by atoms with van der Waals surface area (Å²) in [6.07, 6.45) is 5.18. The highest BCUT2D eigenvalue weighted by Crippen LogP contribution is 2.35. The number of phenols is 1. The maximum Gasteiger partial charge on any atom is 0.262 e. The fraction of sp³-hybridized carbons (Fsp3) is 0.333. The van der Waals surface area contributed by atoms with Gasteiger partial charge in [-0.15, -0.1) is 0 Å². The maximum absolute atomic E-state index is 13.1. The van der Waals surface area contributed by atoms with E-state index in [2.05, 4.69) is 15.0 Å². The molecule has 4 rings (SSSR count). The maximum atomic E-state index is 13.1. The quantitative estimate of drug-likeness (QED) is 0.402. The normalized spacial score (nSPS) is 14.7. The van der Waals surface area contributed by atoms with Gasteiger partial charge in [0.25, 0.3) is 10.0 Å². The third-order valence-electron chi connectivity index (χ3n) is 5.86. The Morgan fingerprint density at radius 2 is 1.76 bits per heavy atom. The van der Waals surface area contributed by atoms with Crippen molar-refractivity contribution in [2.75, 3.05) is 10.0 Å². The second kappa shape index (κ2) is 9.52. The average molecular weight is 486 g/mol. The molecule has 174 valence electrons. The molecule has 0 aliphatic heterocycles. The molecule has 1 saturated carbocycles. The van der Waals surface area contributed by atoms with Crippen molar-refractivity contribution in [1.29, 1.82) is 0 Å². The first kappa shape index (κ1) is 23.3. The van der Waals surface area contributed by atoms with Crippen LogP contribution in [0.25, 0.3) is 10.4 Å². The molecule has 9 heteroatoms. The van der Waals surface area contributed by atoms with Gasteiger partial charge in [0, 0.05) is 11.6 Å². The Balaban J connectivity index is 1.58. The topological polar surface area (TPSA) is 108 Å². The zero-order valence-electron chi connectivity index (χ0n) is 18.6. The molecule has 3 N–H and O–H groups in total. The molecule has 1 amide bonds. The van der Waals surface area contributed by atoms with Crippen molar-refractivity contribution in [2.24, 2.45) is 5.92 Å². The third kappa shape index (κ3) is 5.36. The summed E-state index contributed by atoms with van der Waals surface area (Å²) in [7, 11) is -3.84. The molecule has 0 radical (unpaired) electrons. The smallest absolute Gasteiger partial charge is 0.262 e. The van der Waals surface area contributed by atoms with Crippen LogP contribution in [0.2, 0.25) is 0 Å². The van der Waals surface area contributed by atoms with Gasteiger partial charge in [-0.2, -0.15) is 0 Å². The number of phenolic OH excluding ortho intramolecular Hbond substituents is 1. The molecule has 1 fully saturated rings. The monoisotopic (exact) mass is 485 g/mol. The van der Waals surface area contributed by atoms with Crippen LogP contribution < -0.4 is 10.0 Å². The highest BCUT2D eigenvalue weighted by atomic mass is 32.2. The Morgan fingerprint density at radius 1 is 1.06 bits per heavy atom. The van der Waals surface area contributed by atoms with Crippen molar-refractivity contribution in [3.63, 3.8) is 0 Å². The van der Waals surface area contributed by atoms with Gasteiger partial charge in [-0.1, -0.05) is 42.7 Å². The molecule has 0 unspecified atom stereocenters. The Labute approximate surface area is 198 Å². The predicted octanol–water partition coefficient (Wildman–Crippen LogP) is 5.45. The Kier molecular flexibility index (Phi) is 6.71. The van der Waals surface area contributed by atoms with E-state index in [4.69, 9.17) is 0 Å². The number of aromatic nitrogens is 1. The number of rotatable bonds is 6. The molecule has 0 bridgehead atoms. The van der Waals surface area contributed by atoms with Gasteiger partial charge < -0.3 is 10.4 Å². The SMILES string of the molecule is Cc1ccc(-c2sc(NC(=O)C3CCCCC3)nc2C)cc1S(=O)(=O)Nc1ccc(O)cc1. The van der Waals surface area contributed by atoms with Gasteiger partial charge in [-0.05, 0) is 68.1 Å². The number of nitrogens with zero attached hydrogens (tertiary/aromatic N) is 1. The number of carbonyl (C=O) groups excluding carboxylic acids is 1. The van der Waals surface area contributed by atoms with Crippen LogP contribution in [0.3, 0.4) is 0 Å². The van der Waals surface area contributed by atoms with E-state index in [9.17, 15) is 18.3 Å². The van der Waals surface area contributed by atoms with Crippen LogP contribution in [0.15, 0.2) is 47.4 Å². The molecule has 0 atom stereocenters. The van der Waals surface area contributed by atoms with Crippen molar-refractivity contribution in [2.45, 2.75) is 50.8 Å². The fourth-order valence-corrected chi connectivity index (χ4v) is 6.36. The van der Waals surface area contributed by atoms with Gasteiger partial charge in [-0.25, -0.2) is 13.4 Å². The summed E-state index contributed by atoms with van der Waals surface area (Å²) in [4.78, 5) is 18.1. The van der Waals surface area contributed by atoms with Crippen LogP contribution in [0.4, 0.5) is 10.8 Å². The number of aryl methyl sites for hydroxylation is 2. The minimum atomic E-state index is -3.84.